The average molecular weight is 311 g/mol. The first-order valence-electron chi connectivity index (χ1n) is 7.25. The predicted octanol–water partition coefficient (Wildman–Crippen LogP) is 2.96. The third-order valence-electron chi connectivity index (χ3n) is 3.30. The van der Waals surface area contributed by atoms with E-state index >= 15 is 0 Å². The highest BCUT2D eigenvalue weighted by Crippen LogP contribution is 2.10. The molecule has 0 radical (unpaired) electrons. The SMILES string of the molecule is CN(CC(=O)Nc1ccc(CC#N)cc1)Cc1ccc(F)cc1. The van der Waals surface area contributed by atoms with Gasteiger partial charge in [-0.1, -0.05) is 24.3 Å². The summed E-state index contributed by atoms with van der Waals surface area (Å²) < 4.78 is 12.9. The summed E-state index contributed by atoms with van der Waals surface area (Å²) in [5.74, 6) is -0.392. The minimum Gasteiger partial charge on any atom is -0.325 e. The molecule has 0 aliphatic rings. The normalized spacial score (nSPS) is 10.3. The molecule has 0 aromatic heterocycles. The van der Waals surface area contributed by atoms with E-state index in [1.807, 2.05) is 24.1 Å². The van der Waals surface area contributed by atoms with Crippen LogP contribution in [0.15, 0.2) is 48.5 Å². The molecule has 0 heterocycles. The Bertz CT molecular complexity index is 690. The summed E-state index contributed by atoms with van der Waals surface area (Å²) in [5.41, 5.74) is 2.56. The summed E-state index contributed by atoms with van der Waals surface area (Å²) >= 11 is 0. The number of benzene rings is 2. The fourth-order valence-electron chi connectivity index (χ4n) is 2.20. The standard InChI is InChI=1S/C18H18FN3O/c1-22(12-15-2-6-16(19)7-3-15)13-18(23)21-17-8-4-14(5-9-17)10-11-20/h2-9H,10,12-13H2,1H3,(H,21,23). The van der Waals surface area contributed by atoms with Crippen LogP contribution in [0, 0.1) is 17.1 Å². The Morgan fingerprint density at radius 3 is 2.35 bits per heavy atom. The van der Waals surface area contributed by atoms with Gasteiger partial charge in [0.2, 0.25) is 5.91 Å². The van der Waals surface area contributed by atoms with E-state index < -0.39 is 0 Å². The van der Waals surface area contributed by atoms with Crippen molar-refractivity contribution in [3.63, 3.8) is 0 Å². The summed E-state index contributed by atoms with van der Waals surface area (Å²) in [7, 11) is 1.83. The molecule has 0 atom stereocenters. The first-order chi connectivity index (χ1) is 11.1. The maximum absolute atomic E-state index is 12.9. The fourth-order valence-corrected chi connectivity index (χ4v) is 2.20. The molecular formula is C18H18FN3O. The van der Waals surface area contributed by atoms with Crippen molar-refractivity contribution in [3.8, 4) is 6.07 Å². The monoisotopic (exact) mass is 311 g/mol. The number of carbonyl (C=O) groups is 1. The molecule has 2 aromatic rings. The summed E-state index contributed by atoms with van der Waals surface area (Å²) in [6, 6.07) is 15.5. The Kier molecular flexibility index (Phi) is 5.84. The van der Waals surface area contributed by atoms with Gasteiger partial charge in [0.05, 0.1) is 19.0 Å². The predicted molar refractivity (Wildman–Crippen MR) is 87.1 cm³/mol. The number of nitriles is 1. The molecule has 0 saturated carbocycles. The van der Waals surface area contributed by atoms with E-state index in [1.54, 1.807) is 24.3 Å². The zero-order valence-corrected chi connectivity index (χ0v) is 12.9. The van der Waals surface area contributed by atoms with E-state index in [4.69, 9.17) is 5.26 Å². The van der Waals surface area contributed by atoms with Crippen LogP contribution < -0.4 is 5.32 Å². The molecule has 118 valence electrons. The molecule has 5 heteroatoms. The zero-order chi connectivity index (χ0) is 16.7. The summed E-state index contributed by atoms with van der Waals surface area (Å²) in [5, 5.41) is 11.4. The highest BCUT2D eigenvalue weighted by molar-refractivity contribution is 5.92. The van der Waals surface area contributed by atoms with Gasteiger partial charge in [0.25, 0.3) is 0 Å². The summed E-state index contributed by atoms with van der Waals surface area (Å²) in [6.07, 6.45) is 0.356. The van der Waals surface area contributed by atoms with Gasteiger partial charge in [-0.15, -0.1) is 0 Å². The molecule has 0 saturated heterocycles. The molecule has 2 rings (SSSR count). The van der Waals surface area contributed by atoms with Gasteiger partial charge >= 0.3 is 0 Å². The quantitative estimate of drug-likeness (QED) is 0.892. The smallest absolute Gasteiger partial charge is 0.238 e. The van der Waals surface area contributed by atoms with Crippen molar-refractivity contribution in [1.29, 1.82) is 5.26 Å². The number of rotatable bonds is 6. The lowest BCUT2D eigenvalue weighted by Gasteiger charge is -2.16. The third kappa shape index (κ3) is 5.53. The van der Waals surface area contributed by atoms with Gasteiger partial charge in [0.15, 0.2) is 0 Å². The molecule has 4 nitrogen and oxygen atoms in total. The molecule has 0 fully saturated rings. The van der Waals surface area contributed by atoms with E-state index in [9.17, 15) is 9.18 Å². The van der Waals surface area contributed by atoms with Crippen LogP contribution in [0.2, 0.25) is 0 Å². The Hall–Kier alpha value is -2.71. The van der Waals surface area contributed by atoms with E-state index in [2.05, 4.69) is 11.4 Å². The fraction of sp³-hybridized carbons (Fsp3) is 0.222. The number of hydrogen-bond acceptors (Lipinski definition) is 3. The number of hydrogen-bond donors (Lipinski definition) is 1. The van der Waals surface area contributed by atoms with Crippen molar-refractivity contribution >= 4 is 11.6 Å². The zero-order valence-electron chi connectivity index (χ0n) is 12.9. The van der Waals surface area contributed by atoms with Gasteiger partial charge in [-0.3, -0.25) is 9.69 Å². The van der Waals surface area contributed by atoms with Gasteiger partial charge < -0.3 is 5.32 Å². The van der Waals surface area contributed by atoms with Gasteiger partial charge in [-0.25, -0.2) is 4.39 Å². The molecule has 2 aromatic carbocycles. The first kappa shape index (κ1) is 16.7. The molecule has 1 N–H and O–H groups in total. The Morgan fingerprint density at radius 2 is 1.74 bits per heavy atom. The van der Waals surface area contributed by atoms with Gasteiger partial charge in [-0.05, 0) is 42.4 Å². The van der Waals surface area contributed by atoms with Gasteiger partial charge in [-0.2, -0.15) is 5.26 Å². The number of anilines is 1. The molecule has 0 aliphatic heterocycles. The van der Waals surface area contributed by atoms with Gasteiger partial charge in [0, 0.05) is 12.2 Å². The largest absolute Gasteiger partial charge is 0.325 e. The number of amides is 1. The van der Waals surface area contributed by atoms with Crippen molar-refractivity contribution in [2.75, 3.05) is 18.9 Å². The van der Waals surface area contributed by atoms with Crippen molar-refractivity contribution in [3.05, 3.63) is 65.5 Å². The molecule has 0 spiro atoms. The van der Waals surface area contributed by atoms with Crippen LogP contribution >= 0.6 is 0 Å². The number of nitrogens with one attached hydrogen (secondary N) is 1. The molecule has 23 heavy (non-hydrogen) atoms. The van der Waals surface area contributed by atoms with Crippen LogP contribution in [0.5, 0.6) is 0 Å². The minimum atomic E-state index is -0.269. The maximum atomic E-state index is 12.9. The summed E-state index contributed by atoms with van der Waals surface area (Å²) in [6.45, 7) is 0.798. The second kappa shape index (κ2) is 8.06. The second-order valence-corrected chi connectivity index (χ2v) is 5.38. The highest BCUT2D eigenvalue weighted by atomic mass is 19.1. The summed E-state index contributed by atoms with van der Waals surface area (Å²) in [4.78, 5) is 13.9. The van der Waals surface area contributed by atoms with Crippen LogP contribution in [0.25, 0.3) is 0 Å². The van der Waals surface area contributed by atoms with Gasteiger partial charge in [0.1, 0.15) is 5.82 Å². The van der Waals surface area contributed by atoms with E-state index in [0.29, 0.717) is 18.7 Å². The second-order valence-electron chi connectivity index (χ2n) is 5.38. The van der Waals surface area contributed by atoms with Crippen LogP contribution in [0.3, 0.4) is 0 Å². The third-order valence-corrected chi connectivity index (χ3v) is 3.30. The Balaban J connectivity index is 1.83. The molecule has 1 amide bonds. The van der Waals surface area contributed by atoms with Crippen molar-refractivity contribution < 1.29 is 9.18 Å². The van der Waals surface area contributed by atoms with Crippen molar-refractivity contribution in [2.45, 2.75) is 13.0 Å². The number of carbonyl (C=O) groups excluding carboxylic acids is 1. The van der Waals surface area contributed by atoms with Crippen LogP contribution in [-0.4, -0.2) is 24.4 Å². The first-order valence-corrected chi connectivity index (χ1v) is 7.25. The molecule has 0 bridgehead atoms. The van der Waals surface area contributed by atoms with Crippen LogP contribution in [-0.2, 0) is 17.8 Å². The minimum absolute atomic E-state index is 0.123. The Labute approximate surface area is 135 Å². The topological polar surface area (TPSA) is 56.1 Å². The number of halogens is 1. The lowest BCUT2D eigenvalue weighted by atomic mass is 10.1. The van der Waals surface area contributed by atoms with Crippen molar-refractivity contribution in [1.82, 2.24) is 4.90 Å². The van der Waals surface area contributed by atoms with E-state index in [1.165, 1.54) is 12.1 Å². The number of likely N-dealkylation sites (N-methyl/N-ethyl adjacent to an activating group) is 1. The van der Waals surface area contributed by atoms with E-state index in [-0.39, 0.29) is 18.3 Å². The molecule has 0 unspecified atom stereocenters. The maximum Gasteiger partial charge on any atom is 0.238 e. The molecular weight excluding hydrogens is 293 g/mol. The van der Waals surface area contributed by atoms with Crippen molar-refractivity contribution in [2.24, 2.45) is 0 Å². The van der Waals surface area contributed by atoms with Crippen LogP contribution in [0.1, 0.15) is 11.1 Å². The lowest BCUT2D eigenvalue weighted by Crippen LogP contribution is -2.29. The Morgan fingerprint density at radius 1 is 1.13 bits per heavy atom. The molecule has 0 aliphatic carbocycles. The van der Waals surface area contributed by atoms with Crippen LogP contribution in [0.4, 0.5) is 10.1 Å². The lowest BCUT2D eigenvalue weighted by molar-refractivity contribution is -0.117. The number of nitrogens with zero attached hydrogens (tertiary/aromatic N) is 2. The average Bonchev–Trinajstić information content (AvgIpc) is 2.51. The van der Waals surface area contributed by atoms with E-state index in [0.717, 1.165) is 11.1 Å². The highest BCUT2D eigenvalue weighted by Gasteiger charge is 2.08.